The molecule has 0 saturated carbocycles. The summed E-state index contributed by atoms with van der Waals surface area (Å²) in [6.07, 6.45) is 2.60. The number of pyridine rings is 1. The maximum atomic E-state index is 12.5. The summed E-state index contributed by atoms with van der Waals surface area (Å²) < 4.78 is 5.08. The third-order valence-corrected chi connectivity index (χ3v) is 4.68. The normalized spacial score (nSPS) is 16.0. The summed E-state index contributed by atoms with van der Waals surface area (Å²) in [5, 5.41) is 3.04. The molecule has 1 atom stereocenters. The van der Waals surface area contributed by atoms with Gasteiger partial charge in [-0.2, -0.15) is 0 Å². The highest BCUT2D eigenvalue weighted by Gasteiger charge is 2.26. The highest BCUT2D eigenvalue weighted by molar-refractivity contribution is 5.92. The molecule has 7 heteroatoms. The largest absolute Gasteiger partial charge is 0.481 e. The van der Waals surface area contributed by atoms with E-state index in [1.165, 1.54) is 7.11 Å². The van der Waals surface area contributed by atoms with Crippen molar-refractivity contribution in [2.24, 2.45) is 0 Å². The molecule has 3 aromatic rings. The van der Waals surface area contributed by atoms with E-state index in [1.54, 1.807) is 24.4 Å². The zero-order valence-corrected chi connectivity index (χ0v) is 15.6. The van der Waals surface area contributed by atoms with E-state index in [2.05, 4.69) is 20.2 Å². The molecule has 1 saturated heterocycles. The van der Waals surface area contributed by atoms with E-state index in [1.807, 2.05) is 36.4 Å². The zero-order valence-electron chi connectivity index (χ0n) is 15.6. The lowest BCUT2D eigenvalue weighted by Gasteiger charge is -2.17. The Labute approximate surface area is 163 Å². The number of hydrogen-bond acceptors (Lipinski definition) is 6. The van der Waals surface area contributed by atoms with E-state index in [0.717, 1.165) is 24.2 Å². The van der Waals surface area contributed by atoms with Gasteiger partial charge in [0.05, 0.1) is 12.8 Å². The number of carbonyl (C=O) groups is 1. The molecule has 0 bridgehead atoms. The molecule has 0 spiro atoms. The fourth-order valence-corrected chi connectivity index (χ4v) is 3.24. The van der Waals surface area contributed by atoms with Gasteiger partial charge in [-0.3, -0.25) is 4.79 Å². The molecule has 1 aliphatic rings. The lowest BCUT2D eigenvalue weighted by Crippen LogP contribution is -2.37. The number of hydrogen-bond donors (Lipinski definition) is 1. The summed E-state index contributed by atoms with van der Waals surface area (Å²) in [6.45, 7) is 1.45. The number of rotatable bonds is 5. The number of amides is 1. The summed E-state index contributed by atoms with van der Waals surface area (Å²) in [7, 11) is 1.53. The van der Waals surface area contributed by atoms with Gasteiger partial charge in [-0.05, 0) is 18.6 Å². The van der Waals surface area contributed by atoms with Crippen molar-refractivity contribution in [1.29, 1.82) is 0 Å². The number of benzene rings is 1. The van der Waals surface area contributed by atoms with Gasteiger partial charge in [-0.25, -0.2) is 15.0 Å². The Morgan fingerprint density at radius 1 is 1.11 bits per heavy atom. The van der Waals surface area contributed by atoms with E-state index in [-0.39, 0.29) is 11.9 Å². The minimum Gasteiger partial charge on any atom is -0.481 e. The summed E-state index contributed by atoms with van der Waals surface area (Å²) >= 11 is 0. The van der Waals surface area contributed by atoms with Crippen LogP contribution in [-0.2, 0) is 0 Å². The molecule has 1 N–H and O–H groups in total. The number of ether oxygens (including phenoxy) is 1. The molecular formula is C21H21N5O2. The van der Waals surface area contributed by atoms with Crippen LogP contribution in [0, 0.1) is 0 Å². The van der Waals surface area contributed by atoms with E-state index >= 15 is 0 Å². The first kappa shape index (κ1) is 17.9. The first-order valence-electron chi connectivity index (χ1n) is 9.18. The Hall–Kier alpha value is -3.48. The van der Waals surface area contributed by atoms with Crippen LogP contribution in [0.25, 0.3) is 11.3 Å². The molecule has 28 heavy (non-hydrogen) atoms. The van der Waals surface area contributed by atoms with Crippen molar-refractivity contribution in [1.82, 2.24) is 20.3 Å². The molecule has 1 unspecified atom stereocenters. The Morgan fingerprint density at radius 2 is 1.96 bits per heavy atom. The predicted molar refractivity (Wildman–Crippen MR) is 106 cm³/mol. The van der Waals surface area contributed by atoms with Crippen LogP contribution in [0.1, 0.15) is 16.9 Å². The SMILES string of the molecule is COc1cccc(C(=O)NC2CCN(c3nccc(-c4ccccc4)n3)C2)n1. The van der Waals surface area contributed by atoms with Gasteiger partial charge in [0.15, 0.2) is 0 Å². The monoisotopic (exact) mass is 375 g/mol. The summed E-state index contributed by atoms with van der Waals surface area (Å²) in [5.74, 6) is 0.897. The van der Waals surface area contributed by atoms with Gasteiger partial charge in [-0.1, -0.05) is 36.4 Å². The molecule has 1 amide bonds. The third-order valence-electron chi connectivity index (χ3n) is 4.68. The van der Waals surface area contributed by atoms with Crippen LogP contribution in [0.4, 0.5) is 5.95 Å². The van der Waals surface area contributed by atoms with Gasteiger partial charge >= 0.3 is 0 Å². The summed E-state index contributed by atoms with van der Waals surface area (Å²) in [6, 6.07) is 17.1. The van der Waals surface area contributed by atoms with Crippen molar-refractivity contribution in [3.8, 4) is 17.1 Å². The molecule has 142 valence electrons. The zero-order chi connectivity index (χ0) is 19.3. The number of nitrogens with one attached hydrogen (secondary N) is 1. The maximum Gasteiger partial charge on any atom is 0.270 e. The number of carbonyl (C=O) groups excluding carboxylic acids is 1. The average Bonchev–Trinajstić information content (AvgIpc) is 3.23. The minimum absolute atomic E-state index is 0.0180. The first-order chi connectivity index (χ1) is 13.7. The van der Waals surface area contributed by atoms with Crippen LogP contribution >= 0.6 is 0 Å². The van der Waals surface area contributed by atoms with Crippen molar-refractivity contribution >= 4 is 11.9 Å². The maximum absolute atomic E-state index is 12.5. The topological polar surface area (TPSA) is 80.2 Å². The van der Waals surface area contributed by atoms with Crippen LogP contribution in [0.5, 0.6) is 5.88 Å². The van der Waals surface area contributed by atoms with E-state index < -0.39 is 0 Å². The molecule has 0 radical (unpaired) electrons. The Balaban J connectivity index is 1.42. The van der Waals surface area contributed by atoms with Crippen LogP contribution in [-0.4, -0.2) is 47.1 Å². The Bertz CT molecular complexity index is 964. The molecular weight excluding hydrogens is 354 g/mol. The smallest absolute Gasteiger partial charge is 0.270 e. The lowest BCUT2D eigenvalue weighted by atomic mass is 10.1. The number of aromatic nitrogens is 3. The number of nitrogens with zero attached hydrogens (tertiary/aromatic N) is 4. The fourth-order valence-electron chi connectivity index (χ4n) is 3.24. The van der Waals surface area contributed by atoms with E-state index in [0.29, 0.717) is 24.1 Å². The van der Waals surface area contributed by atoms with Crippen molar-refractivity contribution < 1.29 is 9.53 Å². The molecule has 7 nitrogen and oxygen atoms in total. The molecule has 4 rings (SSSR count). The lowest BCUT2D eigenvalue weighted by molar-refractivity contribution is 0.0934. The van der Waals surface area contributed by atoms with Gasteiger partial charge in [0, 0.05) is 37.0 Å². The molecule has 3 heterocycles. The summed E-state index contributed by atoms with van der Waals surface area (Å²) in [5.41, 5.74) is 2.29. The fraction of sp³-hybridized carbons (Fsp3) is 0.238. The minimum atomic E-state index is -0.204. The first-order valence-corrected chi connectivity index (χ1v) is 9.18. The van der Waals surface area contributed by atoms with E-state index in [4.69, 9.17) is 9.72 Å². The van der Waals surface area contributed by atoms with Crippen molar-refractivity contribution in [3.05, 3.63) is 66.5 Å². The number of anilines is 1. The van der Waals surface area contributed by atoms with Crippen LogP contribution in [0.2, 0.25) is 0 Å². The highest BCUT2D eigenvalue weighted by Crippen LogP contribution is 2.21. The number of methoxy groups -OCH3 is 1. The molecule has 1 aromatic carbocycles. The van der Waals surface area contributed by atoms with Gasteiger partial charge in [0.2, 0.25) is 11.8 Å². The van der Waals surface area contributed by atoms with Crippen molar-refractivity contribution in [3.63, 3.8) is 0 Å². The van der Waals surface area contributed by atoms with Crippen molar-refractivity contribution in [2.75, 3.05) is 25.1 Å². The van der Waals surface area contributed by atoms with E-state index in [9.17, 15) is 4.79 Å². The second-order valence-corrected chi connectivity index (χ2v) is 6.58. The standard InChI is InChI=1S/C21H21N5O2/c1-28-19-9-5-8-18(24-19)20(27)23-16-11-13-26(14-16)21-22-12-10-17(25-21)15-6-3-2-4-7-15/h2-10,12,16H,11,13-14H2,1H3,(H,23,27). The Morgan fingerprint density at radius 3 is 2.79 bits per heavy atom. The average molecular weight is 375 g/mol. The molecule has 0 aliphatic carbocycles. The molecule has 1 aliphatic heterocycles. The van der Waals surface area contributed by atoms with Gasteiger partial charge in [0.25, 0.3) is 5.91 Å². The van der Waals surface area contributed by atoms with Crippen LogP contribution in [0.15, 0.2) is 60.8 Å². The highest BCUT2D eigenvalue weighted by atomic mass is 16.5. The van der Waals surface area contributed by atoms with Gasteiger partial charge in [0.1, 0.15) is 5.69 Å². The predicted octanol–water partition coefficient (Wildman–Crippen LogP) is 2.56. The third kappa shape index (κ3) is 3.93. The Kier molecular flexibility index (Phi) is 5.14. The quantitative estimate of drug-likeness (QED) is 0.738. The van der Waals surface area contributed by atoms with Crippen LogP contribution < -0.4 is 15.0 Å². The van der Waals surface area contributed by atoms with Gasteiger partial charge in [-0.15, -0.1) is 0 Å². The van der Waals surface area contributed by atoms with Crippen LogP contribution in [0.3, 0.4) is 0 Å². The second kappa shape index (κ2) is 8.04. The second-order valence-electron chi connectivity index (χ2n) is 6.58. The molecule has 2 aromatic heterocycles. The molecule has 1 fully saturated rings. The summed E-state index contributed by atoms with van der Waals surface area (Å²) in [4.78, 5) is 27.9. The van der Waals surface area contributed by atoms with Crippen molar-refractivity contribution in [2.45, 2.75) is 12.5 Å². The van der Waals surface area contributed by atoms with Gasteiger partial charge < -0.3 is 15.0 Å².